The molecule has 8 bridgehead atoms. The van der Waals surface area contributed by atoms with Crippen molar-refractivity contribution in [1.82, 2.24) is 9.97 Å². The van der Waals surface area contributed by atoms with Crippen LogP contribution in [0.2, 0.25) is 0 Å². The first kappa shape index (κ1) is 25.6. The molecule has 0 amide bonds. The van der Waals surface area contributed by atoms with E-state index in [2.05, 4.69) is 15.0 Å². The number of hydrogen-bond acceptors (Lipinski definition) is 6. The van der Waals surface area contributed by atoms with Crippen LogP contribution in [0.5, 0.6) is 0 Å². The Balaban J connectivity index is 0.00000154. The molecule has 39 heavy (non-hydrogen) atoms. The summed E-state index contributed by atoms with van der Waals surface area (Å²) in [5, 5.41) is 1.55. The van der Waals surface area contributed by atoms with Crippen molar-refractivity contribution in [3.63, 3.8) is 0 Å². The molecule has 193 valence electrons. The molecule has 3 aliphatic rings. The van der Waals surface area contributed by atoms with Gasteiger partial charge in [-0.05, 0) is 48.1 Å². The summed E-state index contributed by atoms with van der Waals surface area (Å²) >= 11 is 0. The second-order valence-corrected chi connectivity index (χ2v) is 8.84. The van der Waals surface area contributed by atoms with E-state index >= 15 is 0 Å². The molecular weight excluding hydrogens is 544 g/mol. The Morgan fingerprint density at radius 1 is 0.718 bits per heavy atom. The standard InChI is InChI=1S/C30H16N4O4.Cu.2H/c35-13-22-23(14-36)29-25(16-38)30-24(15-37)28(17-4-2-1-3-5-17)27(34-30)12-21-9-7-19(32-21)10-18-6-8-20(31-18)11-26(22)33-29;;;/h1-12,28,30-32H;;;/q;+2;2*-1. The van der Waals surface area contributed by atoms with Gasteiger partial charge in [0, 0.05) is 22.1 Å². The maximum atomic E-state index is 12.4. The van der Waals surface area contributed by atoms with E-state index in [4.69, 9.17) is 4.99 Å². The predicted molar refractivity (Wildman–Crippen MR) is 144 cm³/mol. The Labute approximate surface area is 234 Å². The Hall–Kier alpha value is -5.08. The van der Waals surface area contributed by atoms with E-state index in [1.165, 1.54) is 0 Å². The summed E-state index contributed by atoms with van der Waals surface area (Å²) in [6.45, 7) is 0. The zero-order valence-electron chi connectivity index (χ0n) is 21.9. The molecule has 0 fully saturated rings. The van der Waals surface area contributed by atoms with E-state index in [0.29, 0.717) is 11.4 Å². The van der Waals surface area contributed by atoms with Gasteiger partial charge in [-0.2, -0.15) is 0 Å². The second-order valence-electron chi connectivity index (χ2n) is 8.84. The number of hydrogen-bond donors (Lipinski definition) is 2. The number of aromatic nitrogens is 2. The Morgan fingerprint density at radius 3 is 2.08 bits per heavy atom. The number of nitrogens with one attached hydrogen (secondary N) is 2. The van der Waals surface area contributed by atoms with Crippen molar-refractivity contribution < 1.29 is 39.1 Å². The average molecular weight is 562 g/mol. The monoisotopic (exact) mass is 561 g/mol. The summed E-state index contributed by atoms with van der Waals surface area (Å²) in [4.78, 5) is 64.3. The molecule has 2 aromatic heterocycles. The minimum absolute atomic E-state index is 0. The van der Waals surface area contributed by atoms with Crippen LogP contribution in [0.15, 0.2) is 92.6 Å². The molecular formula is C30H18CuN4O4. The summed E-state index contributed by atoms with van der Waals surface area (Å²) in [7, 11) is 0. The van der Waals surface area contributed by atoms with Crippen molar-refractivity contribution >= 4 is 53.4 Å². The number of rotatable bonds is 1. The van der Waals surface area contributed by atoms with E-state index in [1.807, 2.05) is 66.5 Å². The fourth-order valence-corrected chi connectivity index (χ4v) is 4.95. The van der Waals surface area contributed by atoms with Crippen LogP contribution in [-0.2, 0) is 36.2 Å². The van der Waals surface area contributed by atoms with Gasteiger partial charge in [-0.3, -0.25) is 4.99 Å². The van der Waals surface area contributed by atoms with Crippen molar-refractivity contribution in [3.05, 3.63) is 110 Å². The van der Waals surface area contributed by atoms with Crippen LogP contribution in [0.1, 0.15) is 25.7 Å². The normalized spacial score (nSPS) is 19.2. The Kier molecular flexibility index (Phi) is 6.79. The van der Waals surface area contributed by atoms with Gasteiger partial charge in [0.1, 0.15) is 46.7 Å². The van der Waals surface area contributed by atoms with Crippen LogP contribution in [0.4, 0.5) is 0 Å². The summed E-state index contributed by atoms with van der Waals surface area (Å²) in [5.41, 5.74) is 2.28. The molecule has 0 saturated carbocycles. The minimum atomic E-state index is -1.12. The van der Waals surface area contributed by atoms with Gasteiger partial charge in [0.05, 0.1) is 28.5 Å². The van der Waals surface area contributed by atoms with Gasteiger partial charge in [-0.1, -0.05) is 30.3 Å². The van der Waals surface area contributed by atoms with Gasteiger partial charge in [-0.25, -0.2) is 24.2 Å². The fourth-order valence-electron chi connectivity index (χ4n) is 4.95. The number of aromatic amines is 2. The Morgan fingerprint density at radius 2 is 1.41 bits per heavy atom. The quantitative estimate of drug-likeness (QED) is 0.346. The molecule has 0 aliphatic carbocycles. The number of carbonyl (C=O) groups excluding carboxylic acids is 4. The smallest absolute Gasteiger partial charge is 1.00 e. The van der Waals surface area contributed by atoms with Gasteiger partial charge in [0.15, 0.2) is 0 Å². The van der Waals surface area contributed by atoms with Crippen molar-refractivity contribution in [2.75, 3.05) is 0 Å². The summed E-state index contributed by atoms with van der Waals surface area (Å²) in [6, 6.07) is 15.6. The molecule has 3 aromatic rings. The molecule has 1 aromatic carbocycles. The predicted octanol–water partition coefficient (Wildman–Crippen LogP) is 1.62. The van der Waals surface area contributed by atoms with Crippen LogP contribution in [0, 0.1) is 0 Å². The van der Waals surface area contributed by atoms with Gasteiger partial charge in [-0.15, -0.1) is 0 Å². The number of benzene rings is 1. The summed E-state index contributed by atoms with van der Waals surface area (Å²) in [6.07, 6.45) is 5.27. The van der Waals surface area contributed by atoms with Crippen molar-refractivity contribution in [3.8, 4) is 0 Å². The van der Waals surface area contributed by atoms with Gasteiger partial charge in [0.25, 0.3) is 0 Å². The van der Waals surface area contributed by atoms with Gasteiger partial charge in [0.2, 0.25) is 0 Å². The average Bonchev–Trinajstić information content (AvgIpc) is 3.71. The minimum Gasteiger partial charge on any atom is -1.00 e. The van der Waals surface area contributed by atoms with Crippen molar-refractivity contribution in [2.45, 2.75) is 12.0 Å². The number of allylic oxidation sites excluding steroid dienone is 1. The summed E-state index contributed by atoms with van der Waals surface area (Å²) < 4.78 is 0. The first-order valence-corrected chi connectivity index (χ1v) is 11.7. The van der Waals surface area contributed by atoms with Gasteiger partial charge < -0.3 is 12.8 Å². The van der Waals surface area contributed by atoms with E-state index < -0.39 is 12.0 Å². The van der Waals surface area contributed by atoms with E-state index in [9.17, 15) is 19.2 Å². The first-order valence-electron chi connectivity index (χ1n) is 11.7. The fraction of sp³-hybridized carbons (Fsp3) is 0.0667. The van der Waals surface area contributed by atoms with Crippen molar-refractivity contribution in [1.29, 1.82) is 0 Å². The number of nitrogens with zero attached hydrogens (tertiary/aromatic N) is 2. The van der Waals surface area contributed by atoms with Crippen LogP contribution in [0.3, 0.4) is 0 Å². The van der Waals surface area contributed by atoms with Gasteiger partial charge >= 0.3 is 17.1 Å². The Bertz CT molecular complexity index is 1960. The van der Waals surface area contributed by atoms with Crippen LogP contribution in [0.25, 0.3) is 18.2 Å². The number of H-pyrrole nitrogens is 2. The zero-order chi connectivity index (χ0) is 26.2. The third kappa shape index (κ3) is 4.36. The first-order chi connectivity index (χ1) is 18.6. The second kappa shape index (κ2) is 10.4. The SMILES string of the molecule is O=C=C1C(=C=O)C2=NC1=Cc1ccc([nH]1)C=c1ccc([nH]1)=CC1=NC(C2=C=O)C(=C=O)C1c1ccccc1.[Cu+2].[H-].[H-]. The number of fused-ring (bicyclic) bond motifs is 6. The third-order valence-corrected chi connectivity index (χ3v) is 6.62. The molecule has 5 heterocycles. The maximum absolute atomic E-state index is 12.4. The molecule has 1 radical (unpaired) electrons. The van der Waals surface area contributed by atoms with Crippen LogP contribution in [-0.4, -0.2) is 51.2 Å². The molecule has 0 saturated heterocycles. The van der Waals surface area contributed by atoms with E-state index in [1.54, 1.807) is 30.1 Å². The van der Waals surface area contributed by atoms with E-state index in [-0.39, 0.29) is 53.6 Å². The maximum Gasteiger partial charge on any atom is 2.00 e. The van der Waals surface area contributed by atoms with Crippen LogP contribution < -0.4 is 10.7 Å². The third-order valence-electron chi connectivity index (χ3n) is 6.62. The molecule has 2 unspecified atom stereocenters. The molecule has 9 heteroatoms. The number of aliphatic imine (C=N–C) groups is 2. The molecule has 6 rings (SSSR count). The van der Waals surface area contributed by atoms with Crippen LogP contribution >= 0.6 is 0 Å². The summed E-state index contributed by atoms with van der Waals surface area (Å²) in [5.74, 6) is 6.67. The van der Waals surface area contributed by atoms with Crippen molar-refractivity contribution in [2.24, 2.45) is 9.98 Å². The van der Waals surface area contributed by atoms with E-state index in [0.717, 1.165) is 22.0 Å². The zero-order valence-corrected chi connectivity index (χ0v) is 20.9. The largest absolute Gasteiger partial charge is 2.00 e. The molecule has 3 aliphatic heterocycles. The molecule has 0 spiro atoms. The molecule has 2 N–H and O–H groups in total. The molecule has 8 nitrogen and oxygen atoms in total. The molecule has 2 atom stereocenters. The topological polar surface area (TPSA) is 125 Å².